The monoisotopic (exact) mass is 283 g/mol. The summed E-state index contributed by atoms with van der Waals surface area (Å²) in [5.41, 5.74) is 2.94. The highest BCUT2D eigenvalue weighted by atomic mass is 16.5. The number of ether oxygens (including phenoxy) is 1. The van der Waals surface area contributed by atoms with E-state index in [1.54, 1.807) is 6.20 Å². The molecule has 2 heterocycles. The van der Waals surface area contributed by atoms with E-state index in [0.29, 0.717) is 0 Å². The Morgan fingerprint density at radius 3 is 2.86 bits per heavy atom. The highest BCUT2D eigenvalue weighted by Gasteiger charge is 2.17. The van der Waals surface area contributed by atoms with Crippen LogP contribution in [0.5, 0.6) is 0 Å². The van der Waals surface area contributed by atoms with Gasteiger partial charge in [-0.05, 0) is 24.0 Å². The van der Waals surface area contributed by atoms with Crippen LogP contribution in [0.4, 0.5) is 5.82 Å². The molecular weight excluding hydrogens is 266 g/mol. The van der Waals surface area contributed by atoms with Crippen molar-refractivity contribution in [1.29, 1.82) is 0 Å². The van der Waals surface area contributed by atoms with Crippen molar-refractivity contribution in [3.05, 3.63) is 53.5 Å². The summed E-state index contributed by atoms with van der Waals surface area (Å²) < 4.78 is 4.70. The molecule has 0 amide bonds. The Morgan fingerprint density at radius 1 is 1.24 bits per heavy atom. The van der Waals surface area contributed by atoms with Gasteiger partial charge in [0.15, 0.2) is 5.69 Å². The highest BCUT2D eigenvalue weighted by molar-refractivity contribution is 5.87. The van der Waals surface area contributed by atoms with E-state index in [2.05, 4.69) is 39.1 Å². The molecule has 0 aliphatic carbocycles. The number of esters is 1. The summed E-state index contributed by atoms with van der Waals surface area (Å²) in [4.78, 5) is 22.2. The zero-order valence-electron chi connectivity index (χ0n) is 12.0. The average molecular weight is 283 g/mol. The van der Waals surface area contributed by atoms with Gasteiger partial charge in [0.2, 0.25) is 0 Å². The lowest BCUT2D eigenvalue weighted by molar-refractivity contribution is 0.0593. The molecule has 5 nitrogen and oxygen atoms in total. The van der Waals surface area contributed by atoms with E-state index in [-0.39, 0.29) is 5.69 Å². The molecular formula is C16H17N3O2. The lowest BCUT2D eigenvalue weighted by Crippen LogP contribution is -2.24. The van der Waals surface area contributed by atoms with Gasteiger partial charge in [-0.3, -0.25) is 4.98 Å². The standard InChI is InChI=1S/C16H17N3O2/c1-21-16(20)14-9-17-10-15(18-14)19-8-4-7-12-5-2-3-6-13(12)11-19/h2-3,5-6,9-10H,4,7-8,11H2,1H3. The molecule has 1 aromatic carbocycles. The molecule has 1 aliphatic rings. The second-order valence-electron chi connectivity index (χ2n) is 5.05. The minimum absolute atomic E-state index is 0.243. The SMILES string of the molecule is COC(=O)c1cncc(N2CCCc3ccccc3C2)n1. The van der Waals surface area contributed by atoms with Gasteiger partial charge < -0.3 is 9.64 Å². The molecule has 0 radical (unpaired) electrons. The third-order valence-electron chi connectivity index (χ3n) is 3.69. The number of anilines is 1. The van der Waals surface area contributed by atoms with Crippen molar-refractivity contribution < 1.29 is 9.53 Å². The molecule has 0 saturated heterocycles. The largest absolute Gasteiger partial charge is 0.464 e. The fourth-order valence-corrected chi connectivity index (χ4v) is 2.61. The van der Waals surface area contributed by atoms with Gasteiger partial charge in [-0.15, -0.1) is 0 Å². The molecule has 3 rings (SSSR count). The Kier molecular flexibility index (Phi) is 3.81. The van der Waals surface area contributed by atoms with Crippen molar-refractivity contribution in [3.8, 4) is 0 Å². The van der Waals surface area contributed by atoms with Gasteiger partial charge in [0, 0.05) is 13.1 Å². The maximum Gasteiger partial charge on any atom is 0.358 e. The number of carbonyl (C=O) groups excluding carboxylic acids is 1. The number of hydrogen-bond donors (Lipinski definition) is 0. The molecule has 108 valence electrons. The molecule has 0 saturated carbocycles. The number of rotatable bonds is 2. The van der Waals surface area contributed by atoms with E-state index in [4.69, 9.17) is 4.74 Å². The normalized spacial score (nSPS) is 14.2. The van der Waals surface area contributed by atoms with Crippen molar-refractivity contribution in [2.45, 2.75) is 19.4 Å². The predicted molar refractivity (Wildman–Crippen MR) is 79.2 cm³/mol. The summed E-state index contributed by atoms with van der Waals surface area (Å²) in [6.45, 7) is 1.68. The summed E-state index contributed by atoms with van der Waals surface area (Å²) >= 11 is 0. The van der Waals surface area contributed by atoms with Crippen LogP contribution in [0, 0.1) is 0 Å². The number of nitrogens with zero attached hydrogens (tertiary/aromatic N) is 3. The van der Waals surface area contributed by atoms with E-state index in [9.17, 15) is 4.79 Å². The second-order valence-corrected chi connectivity index (χ2v) is 5.05. The zero-order valence-corrected chi connectivity index (χ0v) is 12.0. The Bertz CT molecular complexity index is 657. The first-order chi connectivity index (χ1) is 10.3. The number of benzene rings is 1. The van der Waals surface area contributed by atoms with Crippen molar-refractivity contribution in [2.24, 2.45) is 0 Å². The first-order valence-corrected chi connectivity index (χ1v) is 7.00. The van der Waals surface area contributed by atoms with Crippen LogP contribution in [-0.4, -0.2) is 29.6 Å². The summed E-state index contributed by atoms with van der Waals surface area (Å²) in [5.74, 6) is 0.258. The Balaban J connectivity index is 1.89. The van der Waals surface area contributed by atoms with Gasteiger partial charge in [-0.2, -0.15) is 0 Å². The maximum absolute atomic E-state index is 11.6. The van der Waals surface area contributed by atoms with Crippen LogP contribution in [0.2, 0.25) is 0 Å². The summed E-state index contributed by atoms with van der Waals surface area (Å²) in [6, 6.07) is 8.45. The number of carbonyl (C=O) groups is 1. The minimum atomic E-state index is -0.459. The Hall–Kier alpha value is -2.43. The van der Waals surface area contributed by atoms with Crippen molar-refractivity contribution >= 4 is 11.8 Å². The second kappa shape index (κ2) is 5.91. The molecule has 0 fully saturated rings. The van der Waals surface area contributed by atoms with Gasteiger partial charge in [0.1, 0.15) is 5.82 Å². The number of methoxy groups -OCH3 is 1. The van der Waals surface area contributed by atoms with Crippen molar-refractivity contribution in [3.63, 3.8) is 0 Å². The highest BCUT2D eigenvalue weighted by Crippen LogP contribution is 2.22. The van der Waals surface area contributed by atoms with E-state index in [0.717, 1.165) is 31.7 Å². The molecule has 0 spiro atoms. The number of aromatic nitrogens is 2. The summed E-state index contributed by atoms with van der Waals surface area (Å²) in [5, 5.41) is 0. The van der Waals surface area contributed by atoms with Crippen LogP contribution in [0.25, 0.3) is 0 Å². The Labute approximate surface area is 123 Å². The van der Waals surface area contributed by atoms with E-state index < -0.39 is 5.97 Å². The topological polar surface area (TPSA) is 55.3 Å². The van der Waals surface area contributed by atoms with Gasteiger partial charge >= 0.3 is 5.97 Å². The number of fused-ring (bicyclic) bond motifs is 1. The fraction of sp³-hybridized carbons (Fsp3) is 0.312. The predicted octanol–water partition coefficient (Wildman–Crippen LogP) is 2.22. The summed E-state index contributed by atoms with van der Waals surface area (Å²) in [6.07, 6.45) is 5.25. The molecule has 0 bridgehead atoms. The van der Waals surface area contributed by atoms with E-state index >= 15 is 0 Å². The number of aryl methyl sites for hydroxylation is 1. The maximum atomic E-state index is 11.6. The third kappa shape index (κ3) is 2.86. The quantitative estimate of drug-likeness (QED) is 0.791. The molecule has 21 heavy (non-hydrogen) atoms. The number of hydrogen-bond acceptors (Lipinski definition) is 5. The van der Waals surface area contributed by atoms with Crippen LogP contribution < -0.4 is 4.90 Å². The Morgan fingerprint density at radius 2 is 2.05 bits per heavy atom. The van der Waals surface area contributed by atoms with Gasteiger partial charge in [-0.25, -0.2) is 9.78 Å². The average Bonchev–Trinajstić information content (AvgIpc) is 2.76. The molecule has 1 aromatic heterocycles. The lowest BCUT2D eigenvalue weighted by Gasteiger charge is -2.21. The van der Waals surface area contributed by atoms with Crippen LogP contribution in [0.15, 0.2) is 36.7 Å². The smallest absolute Gasteiger partial charge is 0.358 e. The first kappa shape index (κ1) is 13.5. The molecule has 2 aromatic rings. The van der Waals surface area contributed by atoms with Crippen LogP contribution in [-0.2, 0) is 17.7 Å². The van der Waals surface area contributed by atoms with Crippen LogP contribution >= 0.6 is 0 Å². The molecule has 0 atom stereocenters. The van der Waals surface area contributed by atoms with Gasteiger partial charge in [0.25, 0.3) is 0 Å². The molecule has 1 aliphatic heterocycles. The van der Waals surface area contributed by atoms with Crippen LogP contribution in [0.1, 0.15) is 28.0 Å². The van der Waals surface area contributed by atoms with Gasteiger partial charge in [0.05, 0.1) is 19.5 Å². The molecule has 5 heteroatoms. The fourth-order valence-electron chi connectivity index (χ4n) is 2.61. The zero-order chi connectivity index (χ0) is 14.7. The van der Waals surface area contributed by atoms with E-state index in [1.807, 2.05) is 0 Å². The van der Waals surface area contributed by atoms with Crippen molar-refractivity contribution in [2.75, 3.05) is 18.6 Å². The minimum Gasteiger partial charge on any atom is -0.464 e. The van der Waals surface area contributed by atoms with Crippen molar-refractivity contribution in [1.82, 2.24) is 9.97 Å². The van der Waals surface area contributed by atoms with E-state index in [1.165, 1.54) is 24.4 Å². The molecule has 0 N–H and O–H groups in total. The first-order valence-electron chi connectivity index (χ1n) is 7.00. The third-order valence-corrected chi connectivity index (χ3v) is 3.69. The van der Waals surface area contributed by atoms with Gasteiger partial charge in [-0.1, -0.05) is 24.3 Å². The summed E-state index contributed by atoms with van der Waals surface area (Å²) in [7, 11) is 1.35. The molecule has 0 unspecified atom stereocenters. The van der Waals surface area contributed by atoms with Crippen LogP contribution in [0.3, 0.4) is 0 Å². The lowest BCUT2D eigenvalue weighted by atomic mass is 10.0.